The third kappa shape index (κ3) is 4.32. The molecule has 0 aliphatic heterocycles. The lowest BCUT2D eigenvalue weighted by molar-refractivity contribution is -0.137. The molecule has 1 N–H and O–H groups in total. The topological polar surface area (TPSA) is 68.0 Å². The molecule has 0 radical (unpaired) electrons. The van der Waals surface area contributed by atoms with Gasteiger partial charge < -0.3 is 4.42 Å². The van der Waals surface area contributed by atoms with Gasteiger partial charge in [0.05, 0.1) is 5.56 Å². The number of nitrogens with zero attached hydrogens (tertiary/aromatic N) is 2. The molecule has 0 aliphatic rings. The number of hydrogen-bond donors (Lipinski definition) is 1. The normalized spacial score (nSPS) is 11.8. The van der Waals surface area contributed by atoms with Gasteiger partial charge in [0.1, 0.15) is 0 Å². The highest BCUT2D eigenvalue weighted by molar-refractivity contribution is 7.10. The van der Waals surface area contributed by atoms with Gasteiger partial charge in [-0.1, -0.05) is 11.2 Å². The molecule has 0 saturated heterocycles. The second kappa shape index (κ2) is 6.89. The fraction of sp³-hybridized carbons (Fsp3) is 0.0625. The summed E-state index contributed by atoms with van der Waals surface area (Å²) in [6.45, 7) is 0. The van der Waals surface area contributed by atoms with Crippen molar-refractivity contribution in [1.82, 2.24) is 10.2 Å². The molecule has 2 heterocycles. The summed E-state index contributed by atoms with van der Waals surface area (Å²) in [6.07, 6.45) is -1.47. The summed E-state index contributed by atoms with van der Waals surface area (Å²) in [4.78, 5) is 12.7. The standard InChI is InChI=1S/C16H10F3N3O2S/c17-16(18,19)11-5-3-10(4-6-11)14-21-22-15(24-14)20-13(23)8-7-12-2-1-9-25-12/h1-9H,(H,20,22,23). The summed E-state index contributed by atoms with van der Waals surface area (Å²) >= 11 is 1.48. The lowest BCUT2D eigenvalue weighted by atomic mass is 10.1. The van der Waals surface area contributed by atoms with Crippen LogP contribution >= 0.6 is 11.3 Å². The van der Waals surface area contributed by atoms with E-state index in [0.29, 0.717) is 5.56 Å². The van der Waals surface area contributed by atoms with E-state index in [9.17, 15) is 18.0 Å². The minimum atomic E-state index is -4.42. The average molecular weight is 365 g/mol. The molecule has 0 spiro atoms. The van der Waals surface area contributed by atoms with E-state index in [-0.39, 0.29) is 11.9 Å². The first-order valence-electron chi connectivity index (χ1n) is 6.95. The maximum Gasteiger partial charge on any atom is 0.416 e. The number of hydrogen-bond acceptors (Lipinski definition) is 5. The number of alkyl halides is 3. The SMILES string of the molecule is O=C(C=Cc1cccs1)Nc1nnc(-c2ccc(C(F)(F)F)cc2)o1. The maximum atomic E-state index is 12.5. The molecule has 3 aromatic rings. The van der Waals surface area contributed by atoms with E-state index in [1.165, 1.54) is 29.5 Å². The van der Waals surface area contributed by atoms with E-state index in [2.05, 4.69) is 15.5 Å². The minimum absolute atomic E-state index is 0.00580. The van der Waals surface area contributed by atoms with Gasteiger partial charge in [-0.25, -0.2) is 0 Å². The van der Waals surface area contributed by atoms with Gasteiger partial charge in [0.25, 0.3) is 5.91 Å². The fourth-order valence-electron chi connectivity index (χ4n) is 1.88. The van der Waals surface area contributed by atoms with E-state index in [1.54, 1.807) is 6.08 Å². The number of amides is 1. The summed E-state index contributed by atoms with van der Waals surface area (Å²) in [5, 5.41) is 11.6. The van der Waals surface area contributed by atoms with Crippen molar-refractivity contribution >= 4 is 29.3 Å². The van der Waals surface area contributed by atoms with Crippen molar-refractivity contribution in [3.8, 4) is 11.5 Å². The first kappa shape index (κ1) is 16.9. The van der Waals surface area contributed by atoms with Gasteiger partial charge in [-0.15, -0.1) is 16.4 Å². The highest BCUT2D eigenvalue weighted by atomic mass is 32.1. The van der Waals surface area contributed by atoms with Crippen LogP contribution in [0.1, 0.15) is 10.4 Å². The summed E-state index contributed by atoms with van der Waals surface area (Å²) < 4.78 is 42.9. The van der Waals surface area contributed by atoms with Gasteiger partial charge in [-0.05, 0) is 41.8 Å². The van der Waals surface area contributed by atoms with E-state index in [4.69, 9.17) is 4.42 Å². The van der Waals surface area contributed by atoms with Crippen molar-refractivity contribution < 1.29 is 22.4 Å². The number of anilines is 1. The molecule has 0 aliphatic carbocycles. The largest absolute Gasteiger partial charge is 0.416 e. The summed E-state index contributed by atoms with van der Waals surface area (Å²) in [6, 6.07) is 7.84. The smallest absolute Gasteiger partial charge is 0.403 e. The molecule has 0 fully saturated rings. The Morgan fingerprint density at radius 3 is 2.56 bits per heavy atom. The highest BCUT2D eigenvalue weighted by Gasteiger charge is 2.30. The number of nitrogens with one attached hydrogen (secondary N) is 1. The Kier molecular flexibility index (Phi) is 4.66. The average Bonchev–Trinajstić information content (AvgIpc) is 3.24. The lowest BCUT2D eigenvalue weighted by Crippen LogP contribution is -2.07. The third-order valence-electron chi connectivity index (χ3n) is 3.06. The van der Waals surface area contributed by atoms with Gasteiger partial charge in [0, 0.05) is 16.5 Å². The van der Waals surface area contributed by atoms with Crippen LogP contribution in [-0.2, 0) is 11.0 Å². The van der Waals surface area contributed by atoms with Crippen LogP contribution in [0.5, 0.6) is 0 Å². The number of benzene rings is 1. The van der Waals surface area contributed by atoms with E-state index >= 15 is 0 Å². The molecular weight excluding hydrogens is 355 g/mol. The van der Waals surface area contributed by atoms with E-state index in [1.807, 2.05) is 17.5 Å². The van der Waals surface area contributed by atoms with Crippen molar-refractivity contribution in [3.05, 3.63) is 58.3 Å². The molecular formula is C16H10F3N3O2S. The lowest BCUT2D eigenvalue weighted by Gasteiger charge is -2.05. The summed E-state index contributed by atoms with van der Waals surface area (Å²) in [5.41, 5.74) is -0.460. The summed E-state index contributed by atoms with van der Waals surface area (Å²) in [7, 11) is 0. The molecule has 5 nitrogen and oxygen atoms in total. The quantitative estimate of drug-likeness (QED) is 0.693. The van der Waals surface area contributed by atoms with Crippen LogP contribution in [0.25, 0.3) is 17.5 Å². The van der Waals surface area contributed by atoms with Gasteiger partial charge >= 0.3 is 12.2 Å². The van der Waals surface area contributed by atoms with E-state index in [0.717, 1.165) is 17.0 Å². The van der Waals surface area contributed by atoms with E-state index < -0.39 is 17.6 Å². The first-order chi connectivity index (χ1) is 11.9. The number of thiophene rings is 1. The first-order valence-corrected chi connectivity index (χ1v) is 7.83. The van der Waals surface area contributed by atoms with Crippen molar-refractivity contribution in [2.24, 2.45) is 0 Å². The van der Waals surface area contributed by atoms with Crippen LogP contribution in [0.3, 0.4) is 0 Å². The van der Waals surface area contributed by atoms with Crippen LogP contribution in [0, 0.1) is 0 Å². The Labute approximate surface area is 143 Å². The fourth-order valence-corrected chi connectivity index (χ4v) is 2.50. The Hall–Kier alpha value is -2.94. The molecule has 0 atom stereocenters. The monoisotopic (exact) mass is 365 g/mol. The number of carbonyl (C=O) groups is 1. The Morgan fingerprint density at radius 2 is 1.92 bits per heavy atom. The number of rotatable bonds is 4. The number of aromatic nitrogens is 2. The molecule has 1 aromatic carbocycles. The van der Waals surface area contributed by atoms with Crippen molar-refractivity contribution in [2.45, 2.75) is 6.18 Å². The Morgan fingerprint density at radius 1 is 1.16 bits per heavy atom. The molecule has 2 aromatic heterocycles. The second-order valence-corrected chi connectivity index (χ2v) is 5.80. The second-order valence-electron chi connectivity index (χ2n) is 4.83. The minimum Gasteiger partial charge on any atom is -0.403 e. The molecule has 0 saturated carbocycles. The van der Waals surface area contributed by atoms with Gasteiger partial charge in [-0.2, -0.15) is 13.2 Å². The molecule has 128 valence electrons. The van der Waals surface area contributed by atoms with Crippen LogP contribution in [0.4, 0.5) is 19.2 Å². The van der Waals surface area contributed by atoms with Crippen LogP contribution in [0.2, 0.25) is 0 Å². The van der Waals surface area contributed by atoms with Crippen LogP contribution < -0.4 is 5.32 Å². The van der Waals surface area contributed by atoms with Crippen molar-refractivity contribution in [3.63, 3.8) is 0 Å². The molecule has 9 heteroatoms. The molecule has 0 unspecified atom stereocenters. The van der Waals surface area contributed by atoms with Gasteiger partial charge in [0.2, 0.25) is 5.89 Å². The molecule has 25 heavy (non-hydrogen) atoms. The maximum absolute atomic E-state index is 12.5. The van der Waals surface area contributed by atoms with Gasteiger partial charge in [0.15, 0.2) is 0 Å². The zero-order valence-electron chi connectivity index (χ0n) is 12.4. The van der Waals surface area contributed by atoms with Crippen LogP contribution in [-0.4, -0.2) is 16.1 Å². The molecule has 0 bridgehead atoms. The number of carbonyl (C=O) groups excluding carboxylic acids is 1. The van der Waals surface area contributed by atoms with Crippen molar-refractivity contribution in [1.29, 1.82) is 0 Å². The number of halogens is 3. The Bertz CT molecular complexity index is 884. The van der Waals surface area contributed by atoms with Gasteiger partial charge in [-0.3, -0.25) is 10.1 Å². The third-order valence-corrected chi connectivity index (χ3v) is 3.89. The zero-order valence-corrected chi connectivity index (χ0v) is 13.3. The predicted molar refractivity (Wildman–Crippen MR) is 86.7 cm³/mol. The molecule has 1 amide bonds. The highest BCUT2D eigenvalue weighted by Crippen LogP contribution is 2.30. The predicted octanol–water partition coefficient (Wildman–Crippen LogP) is 4.47. The zero-order chi connectivity index (χ0) is 17.9. The van der Waals surface area contributed by atoms with Crippen molar-refractivity contribution in [2.75, 3.05) is 5.32 Å². The molecule has 3 rings (SSSR count). The Balaban J connectivity index is 1.67. The summed E-state index contributed by atoms with van der Waals surface area (Å²) in [5.74, 6) is -0.456. The van der Waals surface area contributed by atoms with Crippen LogP contribution in [0.15, 0.2) is 52.3 Å².